The van der Waals surface area contributed by atoms with E-state index in [1.165, 1.54) is 18.2 Å². The number of fused-ring (bicyclic) bond motifs is 4. The normalized spacial score (nSPS) is 37.4. The molecule has 6 nitrogen and oxygen atoms in total. The first-order chi connectivity index (χ1) is 15.6. The zero-order valence-corrected chi connectivity index (χ0v) is 19.6. The van der Waals surface area contributed by atoms with Crippen LogP contribution >= 0.6 is 0 Å². The third kappa shape index (κ3) is 4.10. The minimum Gasteiger partial charge on any atom is -0.457 e. The van der Waals surface area contributed by atoms with Crippen molar-refractivity contribution in [1.82, 2.24) is 0 Å². The van der Waals surface area contributed by atoms with Crippen LogP contribution in [0.1, 0.15) is 52.5 Å². The molecule has 7 heteroatoms. The predicted molar refractivity (Wildman–Crippen MR) is 119 cm³/mol. The Balaban J connectivity index is 1.64. The molecule has 2 heterocycles. The summed E-state index contributed by atoms with van der Waals surface area (Å²) in [5.41, 5.74) is -0.797. The summed E-state index contributed by atoms with van der Waals surface area (Å²) in [7, 11) is 0. The highest BCUT2D eigenvalue weighted by Gasteiger charge is 2.72. The number of carbonyl (C=O) groups is 2. The fourth-order valence-corrected chi connectivity index (χ4v) is 6.34. The Labute approximate surface area is 194 Å². The van der Waals surface area contributed by atoms with Gasteiger partial charge in [-0.15, -0.1) is 0 Å². The highest BCUT2D eigenvalue weighted by molar-refractivity contribution is 5.87. The molecule has 0 amide bonds. The van der Waals surface area contributed by atoms with Crippen LogP contribution in [0.15, 0.2) is 30.3 Å². The van der Waals surface area contributed by atoms with Gasteiger partial charge in [-0.05, 0) is 61.3 Å². The molecule has 1 saturated carbocycles. The van der Waals surface area contributed by atoms with Gasteiger partial charge in [0.2, 0.25) is 0 Å². The number of rotatable bonds is 6. The topological polar surface area (TPSA) is 82.1 Å². The van der Waals surface area contributed by atoms with Gasteiger partial charge >= 0.3 is 11.9 Å². The lowest BCUT2D eigenvalue weighted by molar-refractivity contribution is -0.264. The summed E-state index contributed by atoms with van der Waals surface area (Å²) in [5, 5.41) is 9.25. The molecule has 1 aromatic rings. The number of esters is 2. The maximum Gasteiger partial charge on any atom is 0.332 e. The molecule has 1 aliphatic carbocycles. The number of aliphatic hydroxyl groups is 1. The lowest BCUT2D eigenvalue weighted by atomic mass is 9.69. The molecular weight excluding hydrogens is 427 g/mol. The van der Waals surface area contributed by atoms with Crippen LogP contribution in [-0.4, -0.2) is 47.1 Å². The number of hydrogen-bond acceptors (Lipinski definition) is 6. The minimum atomic E-state index is -0.797. The molecule has 3 aliphatic rings. The third-order valence-corrected chi connectivity index (χ3v) is 8.08. The molecule has 4 rings (SSSR count). The van der Waals surface area contributed by atoms with E-state index in [0.717, 1.165) is 12.8 Å². The van der Waals surface area contributed by atoms with E-state index in [-0.39, 0.29) is 23.6 Å². The molecule has 3 fully saturated rings. The minimum absolute atomic E-state index is 0.00211. The Morgan fingerprint density at radius 1 is 1.24 bits per heavy atom. The molecule has 1 N–H and O–H groups in total. The van der Waals surface area contributed by atoms with Crippen molar-refractivity contribution in [3.63, 3.8) is 0 Å². The van der Waals surface area contributed by atoms with E-state index in [9.17, 15) is 19.1 Å². The summed E-state index contributed by atoms with van der Waals surface area (Å²) in [6, 6.07) is 5.86. The predicted octanol–water partition coefficient (Wildman–Crippen LogP) is 3.90. The van der Waals surface area contributed by atoms with E-state index < -0.39 is 42.0 Å². The molecule has 2 aliphatic heterocycles. The van der Waals surface area contributed by atoms with Gasteiger partial charge in [0.15, 0.2) is 0 Å². The second-order valence-electron chi connectivity index (χ2n) is 10.2. The second kappa shape index (κ2) is 8.84. The first-order valence-electron chi connectivity index (χ1n) is 11.8. The van der Waals surface area contributed by atoms with Crippen molar-refractivity contribution in [3.05, 3.63) is 41.7 Å². The zero-order chi connectivity index (χ0) is 24.0. The second-order valence-corrected chi connectivity index (χ2v) is 10.2. The van der Waals surface area contributed by atoms with Gasteiger partial charge < -0.3 is 19.3 Å². The SMILES string of the molecule is CC(C)C12C[C@@H](OC(=O)CO)[C@@](C)(O1)[C@@H]1CC[C@@H](C)[C@H]1[C@@H]2OC(=O)C=Cc1ccc(F)cc1. The quantitative estimate of drug-likeness (QED) is 0.512. The van der Waals surface area contributed by atoms with Crippen LogP contribution < -0.4 is 0 Å². The number of benzene rings is 1. The van der Waals surface area contributed by atoms with Crippen molar-refractivity contribution in [2.45, 2.75) is 70.4 Å². The molecule has 0 radical (unpaired) electrons. The van der Waals surface area contributed by atoms with Gasteiger partial charge in [0, 0.05) is 18.4 Å². The van der Waals surface area contributed by atoms with E-state index in [2.05, 4.69) is 6.92 Å². The molecule has 7 atom stereocenters. The van der Waals surface area contributed by atoms with Crippen LogP contribution in [0.4, 0.5) is 4.39 Å². The van der Waals surface area contributed by atoms with Crippen molar-refractivity contribution in [1.29, 1.82) is 0 Å². The maximum atomic E-state index is 13.1. The van der Waals surface area contributed by atoms with Crippen LogP contribution in [0.5, 0.6) is 0 Å². The summed E-state index contributed by atoms with van der Waals surface area (Å²) in [5.74, 6) is -1.02. The Morgan fingerprint density at radius 3 is 2.58 bits per heavy atom. The summed E-state index contributed by atoms with van der Waals surface area (Å²) in [6.07, 6.45) is 4.24. The monoisotopic (exact) mass is 460 g/mol. The van der Waals surface area contributed by atoms with E-state index in [0.29, 0.717) is 17.9 Å². The van der Waals surface area contributed by atoms with Gasteiger partial charge in [-0.2, -0.15) is 0 Å². The first kappa shape index (κ1) is 23.9. The lowest BCUT2D eigenvalue weighted by Gasteiger charge is -2.52. The highest BCUT2D eigenvalue weighted by Crippen LogP contribution is 2.63. The Kier molecular flexibility index (Phi) is 6.40. The summed E-state index contributed by atoms with van der Waals surface area (Å²) in [4.78, 5) is 24.9. The van der Waals surface area contributed by atoms with Crippen molar-refractivity contribution in [3.8, 4) is 0 Å². The van der Waals surface area contributed by atoms with Crippen molar-refractivity contribution in [2.24, 2.45) is 23.7 Å². The Bertz CT molecular complexity index is 927. The van der Waals surface area contributed by atoms with E-state index in [4.69, 9.17) is 14.2 Å². The van der Waals surface area contributed by atoms with Gasteiger partial charge in [0.1, 0.15) is 35.8 Å². The van der Waals surface area contributed by atoms with Gasteiger partial charge in [0.05, 0.1) is 0 Å². The van der Waals surface area contributed by atoms with Crippen LogP contribution in [0.2, 0.25) is 0 Å². The molecule has 2 saturated heterocycles. The lowest BCUT2D eigenvalue weighted by Crippen LogP contribution is -2.62. The number of ether oxygens (including phenoxy) is 3. The van der Waals surface area contributed by atoms with E-state index >= 15 is 0 Å². The standard InChI is InChI=1S/C26H33FO6/c1-15(2)26-13-20(31-22(30)14-28)25(4,33-26)19-11-5-16(3)23(19)24(26)32-21(29)12-8-17-6-9-18(27)10-7-17/h6-10,12,15-16,19-20,23-24,28H,5,11,13-14H2,1-4H3/t16-,19-,20-,23-,24+,25+,26?/m1/s1. The van der Waals surface area contributed by atoms with Crippen molar-refractivity contribution >= 4 is 18.0 Å². The smallest absolute Gasteiger partial charge is 0.332 e. The number of halogens is 1. The average Bonchev–Trinajstić information content (AvgIpc) is 3.29. The van der Waals surface area contributed by atoms with Gasteiger partial charge in [0.25, 0.3) is 0 Å². The molecule has 33 heavy (non-hydrogen) atoms. The third-order valence-electron chi connectivity index (χ3n) is 8.08. The van der Waals surface area contributed by atoms with Gasteiger partial charge in [-0.1, -0.05) is 32.9 Å². The zero-order valence-electron chi connectivity index (χ0n) is 19.6. The average molecular weight is 461 g/mol. The van der Waals surface area contributed by atoms with Crippen LogP contribution in [0.25, 0.3) is 6.08 Å². The van der Waals surface area contributed by atoms with E-state index in [1.54, 1.807) is 18.2 Å². The molecule has 180 valence electrons. The number of aliphatic hydroxyl groups excluding tert-OH is 1. The summed E-state index contributed by atoms with van der Waals surface area (Å²) < 4.78 is 31.7. The number of carbonyl (C=O) groups excluding carboxylic acids is 2. The van der Waals surface area contributed by atoms with Gasteiger partial charge in [-0.3, -0.25) is 0 Å². The first-order valence-corrected chi connectivity index (χ1v) is 11.8. The Morgan fingerprint density at radius 2 is 1.94 bits per heavy atom. The van der Waals surface area contributed by atoms with Gasteiger partial charge in [-0.25, -0.2) is 14.0 Å². The molecule has 1 unspecified atom stereocenters. The van der Waals surface area contributed by atoms with Crippen molar-refractivity contribution < 1.29 is 33.3 Å². The van der Waals surface area contributed by atoms with Crippen LogP contribution in [0.3, 0.4) is 0 Å². The van der Waals surface area contributed by atoms with Crippen molar-refractivity contribution in [2.75, 3.05) is 6.61 Å². The van der Waals surface area contributed by atoms with E-state index in [1.807, 2.05) is 20.8 Å². The maximum absolute atomic E-state index is 13.1. The summed E-state index contributed by atoms with van der Waals surface area (Å²) in [6.45, 7) is 7.56. The van der Waals surface area contributed by atoms with Crippen LogP contribution in [0, 0.1) is 29.5 Å². The fraction of sp³-hybridized carbons (Fsp3) is 0.615. The fourth-order valence-electron chi connectivity index (χ4n) is 6.34. The molecular formula is C26H33FO6. The Hall–Kier alpha value is -2.25. The molecule has 0 spiro atoms. The number of hydrogen-bond donors (Lipinski definition) is 1. The largest absolute Gasteiger partial charge is 0.457 e. The molecule has 0 aromatic heterocycles. The molecule has 1 aromatic carbocycles. The summed E-state index contributed by atoms with van der Waals surface area (Å²) >= 11 is 0. The van der Waals surface area contributed by atoms with Crippen LogP contribution in [-0.2, 0) is 23.8 Å². The molecule has 2 bridgehead atoms. The highest BCUT2D eigenvalue weighted by atomic mass is 19.1.